The van der Waals surface area contributed by atoms with E-state index >= 15 is 0 Å². The number of phenolic OH excluding ortho intramolecular Hbond substituents is 2. The maximum atomic E-state index is 13.4. The van der Waals surface area contributed by atoms with E-state index in [4.69, 9.17) is 27.8 Å². The van der Waals surface area contributed by atoms with Crippen LogP contribution in [0.15, 0.2) is 45.2 Å². The van der Waals surface area contributed by atoms with E-state index in [0.717, 1.165) is 40.1 Å². The van der Waals surface area contributed by atoms with Gasteiger partial charge in [0.15, 0.2) is 39.1 Å². The molecule has 0 saturated carbocycles. The topological polar surface area (TPSA) is 329 Å². The third-order valence-electron chi connectivity index (χ3n) is 6.65. The summed E-state index contributed by atoms with van der Waals surface area (Å²) in [5, 5.41) is 46.0. The van der Waals surface area contributed by atoms with Gasteiger partial charge in [-0.2, -0.15) is 0 Å². The first-order chi connectivity index (χ1) is 22.3. The molecule has 1 aromatic carbocycles. The van der Waals surface area contributed by atoms with Crippen molar-refractivity contribution >= 4 is 86.8 Å². The molecule has 0 radical (unpaired) electrons. The van der Waals surface area contributed by atoms with Gasteiger partial charge in [-0.15, -0.1) is 23.1 Å². The number of carbonyl (C=O) groups excluding carboxylic acids is 2. The number of thiazole rings is 1. The van der Waals surface area contributed by atoms with Crippen molar-refractivity contribution in [3.8, 4) is 11.5 Å². The molecular formula is C25H24N10O9S3. The number of nitrogens with two attached hydrogens (primary N) is 4. The number of benzene rings is 1. The molecule has 19 nitrogen and oxygen atoms in total. The van der Waals surface area contributed by atoms with Crippen LogP contribution in [0.3, 0.4) is 0 Å². The van der Waals surface area contributed by atoms with E-state index in [-0.39, 0.29) is 56.1 Å². The van der Waals surface area contributed by atoms with Crippen LogP contribution < -0.4 is 28.3 Å². The predicted octanol–water partition coefficient (Wildman–Crippen LogP) is -0.249. The van der Waals surface area contributed by atoms with Crippen LogP contribution in [0.2, 0.25) is 0 Å². The van der Waals surface area contributed by atoms with Gasteiger partial charge in [-0.25, -0.2) is 24.5 Å². The number of rotatable bonds is 11. The Hall–Kier alpha value is -5.48. The molecule has 47 heavy (non-hydrogen) atoms. The molecule has 1 fully saturated rings. The lowest BCUT2D eigenvalue weighted by molar-refractivity contribution is -0.151. The fraction of sp³-hybridized carbons (Fsp3) is 0.200. The number of oxime groups is 1. The lowest BCUT2D eigenvalue weighted by Gasteiger charge is -2.49. The summed E-state index contributed by atoms with van der Waals surface area (Å²) in [6.45, 7) is 0. The molecule has 1 saturated heterocycles. The Morgan fingerprint density at radius 2 is 1.81 bits per heavy atom. The molecule has 2 aliphatic heterocycles. The minimum absolute atomic E-state index is 0.0208. The van der Waals surface area contributed by atoms with Gasteiger partial charge in [0.2, 0.25) is 6.10 Å². The highest BCUT2D eigenvalue weighted by Gasteiger charge is 2.54. The molecule has 3 atom stereocenters. The fourth-order valence-corrected chi connectivity index (χ4v) is 7.25. The van der Waals surface area contributed by atoms with E-state index in [2.05, 4.69) is 25.4 Å². The zero-order chi connectivity index (χ0) is 34.2. The van der Waals surface area contributed by atoms with Crippen molar-refractivity contribution in [1.82, 2.24) is 25.2 Å². The number of anilines is 4. The molecule has 2 aliphatic rings. The summed E-state index contributed by atoms with van der Waals surface area (Å²) < 4.78 is 0. The Bertz CT molecular complexity index is 1840. The Morgan fingerprint density at radius 1 is 1.11 bits per heavy atom. The van der Waals surface area contributed by atoms with Crippen LogP contribution in [0.4, 0.5) is 22.5 Å². The van der Waals surface area contributed by atoms with Crippen LogP contribution >= 0.6 is 34.9 Å². The SMILES string of the molecule is Nc1nc(C(=NO[C@H](C(=O)O)c2ccc(O)c(O)c2)C(=O)NC2C(=O)N3C(C(=O)O)=C(CSc4nc(N)c(N)c(N)n4)CS[C@@H]23)cs1. The number of hydrogen-bond acceptors (Lipinski definition) is 18. The monoisotopic (exact) mass is 704 g/mol. The van der Waals surface area contributed by atoms with Crippen molar-refractivity contribution in [3.05, 3.63) is 46.1 Å². The summed E-state index contributed by atoms with van der Waals surface area (Å²) in [7, 11) is 0. The van der Waals surface area contributed by atoms with Gasteiger partial charge in [0.25, 0.3) is 11.8 Å². The standard InChI is InChI=1S/C25H24N10O9S3/c26-12-17(27)32-25(33-18(12)28)47-5-8-4-45-21-14(20(39)35(21)15(8)22(40)41)31-19(38)13(9-6-46-24(29)30-9)34-44-16(23(42)43)7-1-2-10(36)11(37)3-7/h1-3,6,14,16,21,36-37H,4-5,26H2,(H2,29,30)(H,31,38)(H,40,41)(H,42,43)(H4,27,28,32,33)/t14?,16-,21-/m0/s1. The molecule has 246 valence electrons. The zero-order valence-corrected chi connectivity index (χ0v) is 26.0. The number of fused-ring (bicyclic) bond motifs is 1. The van der Waals surface area contributed by atoms with Gasteiger partial charge in [0.05, 0.1) is 0 Å². The Morgan fingerprint density at radius 3 is 2.40 bits per heavy atom. The number of β-lactam (4-membered cyclic amide) rings is 1. The summed E-state index contributed by atoms with van der Waals surface area (Å²) in [4.78, 5) is 69.2. The van der Waals surface area contributed by atoms with Gasteiger partial charge in [-0.3, -0.25) is 14.5 Å². The van der Waals surface area contributed by atoms with E-state index in [1.807, 2.05) is 0 Å². The quantitative estimate of drug-likeness (QED) is 0.0310. The number of aliphatic carboxylic acids is 2. The van der Waals surface area contributed by atoms with Gasteiger partial charge in [-0.05, 0) is 17.7 Å². The summed E-state index contributed by atoms with van der Waals surface area (Å²) in [5.41, 5.74) is 22.2. The number of aromatic nitrogens is 3. The molecule has 22 heteroatoms. The van der Waals surface area contributed by atoms with Gasteiger partial charge >= 0.3 is 11.9 Å². The van der Waals surface area contributed by atoms with Gasteiger partial charge in [0, 0.05) is 22.4 Å². The Balaban J connectivity index is 1.35. The maximum absolute atomic E-state index is 13.4. The minimum atomic E-state index is -1.83. The van der Waals surface area contributed by atoms with Crippen LogP contribution in [-0.4, -0.2) is 92.7 Å². The third-order valence-corrected chi connectivity index (χ3v) is 9.60. The summed E-state index contributed by atoms with van der Waals surface area (Å²) in [5.74, 6) is -5.57. The molecule has 1 unspecified atom stereocenters. The molecule has 0 bridgehead atoms. The van der Waals surface area contributed by atoms with Crippen molar-refractivity contribution in [2.75, 3.05) is 34.4 Å². The average molecular weight is 705 g/mol. The number of amides is 2. The fourth-order valence-electron chi connectivity index (χ4n) is 4.36. The molecule has 0 spiro atoms. The number of carboxylic acids is 2. The predicted molar refractivity (Wildman–Crippen MR) is 170 cm³/mol. The lowest BCUT2D eigenvalue weighted by atomic mass is 10.0. The van der Waals surface area contributed by atoms with Crippen molar-refractivity contribution in [3.63, 3.8) is 0 Å². The second-order valence-corrected chi connectivity index (χ2v) is 12.6. The van der Waals surface area contributed by atoms with E-state index < -0.39 is 58.5 Å². The average Bonchev–Trinajstić information content (AvgIpc) is 3.45. The summed E-state index contributed by atoms with van der Waals surface area (Å²) in [6.07, 6.45) is -1.83. The molecule has 0 aliphatic carbocycles. The van der Waals surface area contributed by atoms with E-state index in [0.29, 0.717) is 5.57 Å². The van der Waals surface area contributed by atoms with Crippen LogP contribution in [0.1, 0.15) is 17.4 Å². The maximum Gasteiger partial charge on any atom is 0.352 e. The van der Waals surface area contributed by atoms with Crippen molar-refractivity contribution in [2.24, 2.45) is 5.16 Å². The van der Waals surface area contributed by atoms with Crippen LogP contribution in [0.25, 0.3) is 0 Å². The normalized spacial score (nSPS) is 18.3. The molecule has 4 heterocycles. The molecule has 2 aromatic heterocycles. The van der Waals surface area contributed by atoms with Crippen molar-refractivity contribution in [1.29, 1.82) is 0 Å². The van der Waals surface area contributed by atoms with E-state index in [1.165, 1.54) is 23.2 Å². The number of hydrogen-bond donors (Lipinski definition) is 9. The number of aromatic hydroxyl groups is 2. The number of nitrogens with one attached hydrogen (secondary N) is 1. The van der Waals surface area contributed by atoms with E-state index in [1.54, 1.807) is 0 Å². The Labute approximate surface area is 275 Å². The highest BCUT2D eigenvalue weighted by molar-refractivity contribution is 8.01. The van der Waals surface area contributed by atoms with Gasteiger partial charge in [-0.1, -0.05) is 23.0 Å². The molecule has 5 rings (SSSR count). The highest BCUT2D eigenvalue weighted by Crippen LogP contribution is 2.41. The largest absolute Gasteiger partial charge is 0.504 e. The van der Waals surface area contributed by atoms with Crippen LogP contribution in [0, 0.1) is 0 Å². The van der Waals surface area contributed by atoms with Gasteiger partial charge in [0.1, 0.15) is 28.5 Å². The number of thioether (sulfide) groups is 2. The smallest absolute Gasteiger partial charge is 0.352 e. The number of carbonyl (C=O) groups is 4. The van der Waals surface area contributed by atoms with Crippen molar-refractivity contribution in [2.45, 2.75) is 22.7 Å². The third kappa shape index (κ3) is 6.59. The first-order valence-corrected chi connectivity index (χ1v) is 15.9. The number of nitrogens with zero attached hydrogens (tertiary/aromatic N) is 5. The molecule has 3 aromatic rings. The van der Waals surface area contributed by atoms with Crippen LogP contribution in [0.5, 0.6) is 11.5 Å². The second-order valence-electron chi connectivity index (χ2n) is 9.68. The summed E-state index contributed by atoms with van der Waals surface area (Å²) >= 11 is 3.19. The minimum Gasteiger partial charge on any atom is -0.504 e. The second kappa shape index (κ2) is 13.1. The molecular weight excluding hydrogens is 681 g/mol. The van der Waals surface area contributed by atoms with Gasteiger partial charge < -0.3 is 53.5 Å². The molecule has 13 N–H and O–H groups in total. The Kier molecular flexibility index (Phi) is 9.17. The summed E-state index contributed by atoms with van der Waals surface area (Å²) in [6, 6.07) is 1.96. The highest BCUT2D eigenvalue weighted by atomic mass is 32.2. The number of carboxylic acid groups (broad SMARTS) is 2. The van der Waals surface area contributed by atoms with E-state index in [9.17, 15) is 39.6 Å². The molecule has 2 amide bonds. The zero-order valence-electron chi connectivity index (χ0n) is 23.6. The first-order valence-electron chi connectivity index (χ1n) is 13.0. The first kappa shape index (κ1) is 32.9. The van der Waals surface area contributed by atoms with Crippen molar-refractivity contribution < 1.29 is 44.4 Å². The van der Waals surface area contributed by atoms with Crippen LogP contribution in [-0.2, 0) is 24.0 Å². The lowest BCUT2D eigenvalue weighted by Crippen LogP contribution is -2.71. The number of nitrogen functional groups attached to an aromatic ring is 4. The number of phenols is 2.